The zero-order valence-corrected chi connectivity index (χ0v) is 21.9. The van der Waals surface area contributed by atoms with E-state index in [2.05, 4.69) is 15.2 Å². The number of amides is 1. The Bertz CT molecular complexity index is 1070. The van der Waals surface area contributed by atoms with Crippen molar-refractivity contribution in [1.82, 2.24) is 14.9 Å². The summed E-state index contributed by atoms with van der Waals surface area (Å²) in [7, 11) is 1.86. The van der Waals surface area contributed by atoms with Gasteiger partial charge in [0.2, 0.25) is 5.91 Å². The summed E-state index contributed by atoms with van der Waals surface area (Å²) in [6.45, 7) is 4.80. The Labute approximate surface area is 221 Å². The normalized spacial score (nSPS) is 13.0. The molecular weight excluding hydrogens is 542 g/mol. The second-order valence-electron chi connectivity index (χ2n) is 8.31. The molecule has 0 aliphatic heterocycles. The smallest absolute Gasteiger partial charge is 0.480 e. The number of hydrogen-bond donors (Lipinski definition) is 4. The summed E-state index contributed by atoms with van der Waals surface area (Å²) in [6, 6.07) is 4.01. The third-order valence-electron chi connectivity index (χ3n) is 5.24. The molecule has 2 rings (SSSR count). The van der Waals surface area contributed by atoms with Crippen LogP contribution < -0.4 is 16.0 Å². The maximum Gasteiger partial charge on any atom is 0.490 e. The van der Waals surface area contributed by atoms with Crippen molar-refractivity contribution in [2.75, 3.05) is 29.7 Å². The topological polar surface area (TPSA) is 151 Å². The molecular formula is C22H30Cl2F3N5O5. The first-order valence-corrected chi connectivity index (χ1v) is 12.1. The molecule has 1 heterocycles. The van der Waals surface area contributed by atoms with Crippen molar-refractivity contribution in [2.24, 2.45) is 18.7 Å². The van der Waals surface area contributed by atoms with E-state index in [1.807, 2.05) is 29.8 Å². The van der Waals surface area contributed by atoms with Crippen molar-refractivity contribution in [2.45, 2.75) is 38.5 Å². The van der Waals surface area contributed by atoms with Crippen LogP contribution in [0.2, 0.25) is 0 Å². The van der Waals surface area contributed by atoms with Gasteiger partial charge in [-0.25, -0.2) is 14.6 Å². The van der Waals surface area contributed by atoms with Crippen LogP contribution in [0.1, 0.15) is 19.7 Å². The third-order valence-corrected chi connectivity index (χ3v) is 5.58. The molecule has 37 heavy (non-hydrogen) atoms. The monoisotopic (exact) mass is 571 g/mol. The standard InChI is InChI=1S/C20H29Cl2N5O3.C2HF3O2/c1-12(2)18(20(29)30)25-19(28)14(23)11-17-24-15-10-13(4-5-16(15)26(17)3)27(8-6-21)9-7-22;3-2(4,5)1(6)7/h4-5,10,12,14,18H,6-9,11,23H2,1-3H3,(H,25,28)(H,29,30);(H,6,7)/t14-,18-;/m0./s1. The number of nitrogens with one attached hydrogen (secondary N) is 1. The number of alkyl halides is 5. The van der Waals surface area contributed by atoms with Gasteiger partial charge in [-0.3, -0.25) is 4.79 Å². The summed E-state index contributed by atoms with van der Waals surface area (Å²) < 4.78 is 33.6. The average Bonchev–Trinajstić information content (AvgIpc) is 3.10. The van der Waals surface area contributed by atoms with Crippen LogP contribution in [-0.2, 0) is 27.9 Å². The van der Waals surface area contributed by atoms with Gasteiger partial charge in [-0.15, -0.1) is 23.2 Å². The molecule has 0 saturated heterocycles. The summed E-state index contributed by atoms with van der Waals surface area (Å²) >= 11 is 11.8. The molecule has 2 aromatic rings. The molecule has 2 atom stereocenters. The fraction of sp³-hybridized carbons (Fsp3) is 0.545. The van der Waals surface area contributed by atoms with Crippen LogP contribution in [0.3, 0.4) is 0 Å². The van der Waals surface area contributed by atoms with Gasteiger partial charge in [-0.1, -0.05) is 13.8 Å². The van der Waals surface area contributed by atoms with E-state index in [0.717, 1.165) is 16.7 Å². The van der Waals surface area contributed by atoms with Gasteiger partial charge in [-0.05, 0) is 24.1 Å². The highest BCUT2D eigenvalue weighted by molar-refractivity contribution is 6.18. The van der Waals surface area contributed by atoms with Crippen LogP contribution in [0.4, 0.5) is 18.9 Å². The van der Waals surface area contributed by atoms with Gasteiger partial charge in [-0.2, -0.15) is 13.2 Å². The van der Waals surface area contributed by atoms with E-state index < -0.39 is 36.1 Å². The average molecular weight is 572 g/mol. The van der Waals surface area contributed by atoms with Gasteiger partial charge in [0.15, 0.2) is 0 Å². The number of aliphatic carboxylic acids is 2. The number of rotatable bonds is 11. The molecule has 0 fully saturated rings. The number of hydrogen-bond acceptors (Lipinski definition) is 6. The van der Waals surface area contributed by atoms with Crippen molar-refractivity contribution < 1.29 is 37.8 Å². The summed E-state index contributed by atoms with van der Waals surface area (Å²) in [5.74, 6) is -3.00. The molecule has 0 radical (unpaired) electrons. The van der Waals surface area contributed by atoms with Crippen molar-refractivity contribution in [3.8, 4) is 0 Å². The van der Waals surface area contributed by atoms with Crippen LogP contribution in [-0.4, -0.2) is 80.7 Å². The largest absolute Gasteiger partial charge is 0.490 e. The Kier molecular flexibility index (Phi) is 12.4. The van der Waals surface area contributed by atoms with Crippen LogP contribution >= 0.6 is 23.2 Å². The minimum absolute atomic E-state index is 0.184. The fourth-order valence-electron chi connectivity index (χ4n) is 3.25. The first kappa shape index (κ1) is 32.3. The first-order valence-electron chi connectivity index (χ1n) is 11.0. The van der Waals surface area contributed by atoms with Crippen molar-refractivity contribution in [1.29, 1.82) is 0 Å². The zero-order valence-electron chi connectivity index (χ0n) is 20.4. The van der Waals surface area contributed by atoms with Crippen LogP contribution in [0.5, 0.6) is 0 Å². The summed E-state index contributed by atoms with van der Waals surface area (Å²) in [6.07, 6.45) is -4.90. The van der Waals surface area contributed by atoms with Gasteiger partial charge in [0.1, 0.15) is 11.9 Å². The predicted molar refractivity (Wildman–Crippen MR) is 134 cm³/mol. The lowest BCUT2D eigenvalue weighted by atomic mass is 10.0. The minimum atomic E-state index is -5.08. The number of benzene rings is 1. The molecule has 1 aromatic carbocycles. The molecule has 0 bridgehead atoms. The van der Waals surface area contributed by atoms with Gasteiger partial charge in [0.25, 0.3) is 0 Å². The summed E-state index contributed by atoms with van der Waals surface area (Å²) in [4.78, 5) is 39.4. The maximum atomic E-state index is 12.4. The SMILES string of the molecule is CC(C)[C@H](NC(=O)[C@@H](N)Cc1nc2cc(N(CCCl)CCCl)ccc2n1C)C(=O)O.O=C(O)C(F)(F)F. The number of carboxylic acid groups (broad SMARTS) is 2. The first-order chi connectivity index (χ1) is 17.1. The van der Waals surface area contributed by atoms with Crippen LogP contribution in [0, 0.1) is 5.92 Å². The van der Waals surface area contributed by atoms with E-state index in [0.29, 0.717) is 30.7 Å². The number of halogens is 5. The van der Waals surface area contributed by atoms with E-state index in [-0.39, 0.29) is 12.3 Å². The van der Waals surface area contributed by atoms with Crippen LogP contribution in [0.25, 0.3) is 11.0 Å². The van der Waals surface area contributed by atoms with Crippen molar-refractivity contribution in [3.63, 3.8) is 0 Å². The number of anilines is 1. The second kappa shape index (κ2) is 14.2. The molecule has 0 aliphatic carbocycles. The lowest BCUT2D eigenvalue weighted by molar-refractivity contribution is -0.192. The third kappa shape index (κ3) is 9.56. The summed E-state index contributed by atoms with van der Waals surface area (Å²) in [5, 5.41) is 18.9. The summed E-state index contributed by atoms with van der Waals surface area (Å²) in [5.41, 5.74) is 8.70. The Morgan fingerprint density at radius 3 is 2.14 bits per heavy atom. The number of aryl methyl sites for hydroxylation is 1. The molecule has 1 aromatic heterocycles. The van der Waals surface area contributed by atoms with Gasteiger partial charge in [0.05, 0.1) is 17.1 Å². The number of carbonyl (C=O) groups excluding carboxylic acids is 1. The lowest BCUT2D eigenvalue weighted by Crippen LogP contribution is -2.51. The number of carbonyl (C=O) groups is 3. The quantitative estimate of drug-likeness (QED) is 0.300. The molecule has 0 aliphatic rings. The molecule has 5 N–H and O–H groups in total. The van der Waals surface area contributed by atoms with Crippen molar-refractivity contribution >= 4 is 57.8 Å². The number of nitrogens with two attached hydrogens (primary N) is 1. The fourth-order valence-corrected chi connectivity index (χ4v) is 3.66. The van der Waals surface area contributed by atoms with E-state index >= 15 is 0 Å². The van der Waals surface area contributed by atoms with E-state index in [9.17, 15) is 27.9 Å². The van der Waals surface area contributed by atoms with Gasteiger partial charge < -0.3 is 30.7 Å². The zero-order chi connectivity index (χ0) is 28.5. The highest BCUT2D eigenvalue weighted by Gasteiger charge is 2.38. The van der Waals surface area contributed by atoms with Crippen molar-refractivity contribution in [3.05, 3.63) is 24.0 Å². The van der Waals surface area contributed by atoms with Crippen LogP contribution in [0.15, 0.2) is 18.2 Å². The second-order valence-corrected chi connectivity index (χ2v) is 9.06. The number of carboxylic acids is 2. The number of aromatic nitrogens is 2. The molecule has 10 nitrogen and oxygen atoms in total. The number of fused-ring (bicyclic) bond motifs is 1. The number of imidazole rings is 1. The van der Waals surface area contributed by atoms with Gasteiger partial charge in [0, 0.05) is 44.0 Å². The Morgan fingerprint density at radius 1 is 1.16 bits per heavy atom. The molecule has 208 valence electrons. The Morgan fingerprint density at radius 2 is 1.70 bits per heavy atom. The van der Waals surface area contributed by atoms with E-state index in [4.69, 9.17) is 38.8 Å². The maximum absolute atomic E-state index is 12.4. The Balaban J connectivity index is 0.000000856. The highest BCUT2D eigenvalue weighted by Crippen LogP contribution is 2.23. The molecule has 0 spiro atoms. The molecule has 1 amide bonds. The molecule has 0 saturated carbocycles. The lowest BCUT2D eigenvalue weighted by Gasteiger charge is -2.22. The predicted octanol–water partition coefficient (Wildman–Crippen LogP) is 2.59. The van der Waals surface area contributed by atoms with E-state index in [1.54, 1.807) is 13.8 Å². The van der Waals surface area contributed by atoms with E-state index in [1.165, 1.54) is 0 Å². The molecule has 15 heteroatoms. The highest BCUT2D eigenvalue weighted by atomic mass is 35.5. The Hall–Kier alpha value is -2.77. The minimum Gasteiger partial charge on any atom is -0.480 e. The van der Waals surface area contributed by atoms with Gasteiger partial charge >= 0.3 is 18.1 Å². The molecule has 0 unspecified atom stereocenters. The number of nitrogens with zero attached hydrogens (tertiary/aromatic N) is 3.